The molecule has 2 aliphatic heterocycles. The molecule has 0 spiro atoms. The predicted octanol–water partition coefficient (Wildman–Crippen LogP) is 4.62. The molecule has 0 unspecified atom stereocenters. The Labute approximate surface area is 246 Å². The van der Waals surface area contributed by atoms with Crippen molar-refractivity contribution in [3.8, 4) is 17.2 Å². The average molecular weight is 586 g/mol. The Bertz CT molecular complexity index is 1220. The highest BCUT2D eigenvalue weighted by Crippen LogP contribution is 2.39. The van der Waals surface area contributed by atoms with E-state index >= 15 is 0 Å². The van der Waals surface area contributed by atoms with Crippen molar-refractivity contribution in [1.29, 1.82) is 0 Å². The number of ether oxygens (including phenoxy) is 3. The highest BCUT2D eigenvalue weighted by molar-refractivity contribution is 7.80. The number of nitrogens with one attached hydrogen (secondary N) is 1. The number of nitro groups is 1. The Kier molecular flexibility index (Phi) is 10.4. The summed E-state index contributed by atoms with van der Waals surface area (Å²) in [7, 11) is 0. The van der Waals surface area contributed by atoms with E-state index in [1.54, 1.807) is 18.2 Å². The van der Waals surface area contributed by atoms with Gasteiger partial charge in [-0.1, -0.05) is 0 Å². The molecule has 2 heterocycles. The van der Waals surface area contributed by atoms with Crippen LogP contribution in [0.2, 0.25) is 0 Å². The number of piperazine rings is 1. The van der Waals surface area contributed by atoms with Gasteiger partial charge in [-0.05, 0) is 76.5 Å². The van der Waals surface area contributed by atoms with Gasteiger partial charge in [-0.2, -0.15) is 0 Å². The molecule has 2 aromatic rings. The van der Waals surface area contributed by atoms with E-state index in [9.17, 15) is 14.9 Å². The number of hydrogen-bond donors (Lipinski definition) is 1. The Hall–Kier alpha value is -3.80. The number of carbonyl (C=O) groups is 1. The molecular weight excluding hydrogens is 546 g/mol. The molecule has 41 heavy (non-hydrogen) atoms. The second-order valence-corrected chi connectivity index (χ2v) is 10.2. The fourth-order valence-corrected chi connectivity index (χ4v) is 5.46. The topological polar surface area (TPSA) is 110 Å². The Morgan fingerprint density at radius 1 is 0.878 bits per heavy atom. The third kappa shape index (κ3) is 7.29. The number of hydrogen-bond acceptors (Lipinski definition) is 9. The van der Waals surface area contributed by atoms with Crippen molar-refractivity contribution in [3.05, 3.63) is 46.0 Å². The van der Waals surface area contributed by atoms with Crippen LogP contribution in [0.4, 0.5) is 17.1 Å². The van der Waals surface area contributed by atoms with Crippen molar-refractivity contribution >= 4 is 40.3 Å². The van der Waals surface area contributed by atoms with Gasteiger partial charge in [0, 0.05) is 56.6 Å². The number of anilines is 2. The number of nitrogens with zero attached hydrogens (tertiary/aromatic N) is 4. The Morgan fingerprint density at radius 3 is 2.05 bits per heavy atom. The van der Waals surface area contributed by atoms with Crippen LogP contribution in [0.3, 0.4) is 0 Å². The highest BCUT2D eigenvalue weighted by Gasteiger charge is 2.26. The van der Waals surface area contributed by atoms with E-state index in [1.807, 2.05) is 37.8 Å². The minimum atomic E-state index is -0.357. The number of piperidine rings is 1. The van der Waals surface area contributed by atoms with E-state index in [0.29, 0.717) is 79.6 Å². The quantitative estimate of drug-likeness (QED) is 0.241. The summed E-state index contributed by atoms with van der Waals surface area (Å²) >= 11 is 5.60. The van der Waals surface area contributed by atoms with Gasteiger partial charge in [-0.3, -0.25) is 20.2 Å². The number of amides is 1. The van der Waals surface area contributed by atoms with Crippen LogP contribution in [0.1, 0.15) is 50.4 Å². The lowest BCUT2D eigenvalue weighted by Crippen LogP contribution is -2.52. The van der Waals surface area contributed by atoms with Crippen LogP contribution < -0.4 is 29.3 Å². The largest absolute Gasteiger partial charge is 0.490 e. The summed E-state index contributed by atoms with van der Waals surface area (Å²) in [6, 6.07) is 8.65. The fraction of sp³-hybridized carbons (Fsp3) is 0.517. The van der Waals surface area contributed by atoms with Gasteiger partial charge in [0.25, 0.3) is 11.6 Å². The SMILES string of the molecule is CCOc1cc(C(=O)NC(=S)N2CCN(c3ccc([N+](=O)[O-])c(N4CCCCC4)c3)CC2)cc(OCC)c1OCC. The molecule has 4 rings (SSSR count). The van der Waals surface area contributed by atoms with Crippen molar-refractivity contribution in [1.82, 2.24) is 10.2 Å². The number of benzene rings is 2. The molecule has 0 saturated carbocycles. The molecule has 2 aliphatic rings. The minimum absolute atomic E-state index is 0.146. The first-order valence-corrected chi connectivity index (χ1v) is 14.7. The normalized spacial score (nSPS) is 15.3. The molecule has 222 valence electrons. The molecule has 11 nitrogen and oxygen atoms in total. The maximum Gasteiger partial charge on any atom is 0.292 e. The van der Waals surface area contributed by atoms with Crippen molar-refractivity contribution in [2.75, 3.05) is 68.9 Å². The minimum Gasteiger partial charge on any atom is -0.490 e. The molecule has 12 heteroatoms. The summed E-state index contributed by atoms with van der Waals surface area (Å²) in [6.07, 6.45) is 3.24. The lowest BCUT2D eigenvalue weighted by atomic mass is 10.1. The monoisotopic (exact) mass is 585 g/mol. The third-order valence-electron chi connectivity index (χ3n) is 7.18. The van der Waals surface area contributed by atoms with Crippen molar-refractivity contribution in [3.63, 3.8) is 0 Å². The zero-order valence-electron chi connectivity index (χ0n) is 24.0. The second-order valence-electron chi connectivity index (χ2n) is 9.81. The first kappa shape index (κ1) is 30.2. The van der Waals surface area contributed by atoms with Gasteiger partial charge in [-0.15, -0.1) is 0 Å². The van der Waals surface area contributed by atoms with E-state index in [-0.39, 0.29) is 16.5 Å². The summed E-state index contributed by atoms with van der Waals surface area (Å²) in [6.45, 7) is 11.1. The fourth-order valence-electron chi connectivity index (χ4n) is 5.19. The van der Waals surface area contributed by atoms with Crippen molar-refractivity contribution < 1.29 is 23.9 Å². The molecule has 2 saturated heterocycles. The zero-order chi connectivity index (χ0) is 29.4. The van der Waals surface area contributed by atoms with Crippen molar-refractivity contribution in [2.45, 2.75) is 40.0 Å². The van der Waals surface area contributed by atoms with Gasteiger partial charge >= 0.3 is 0 Å². The summed E-state index contributed by atoms with van der Waals surface area (Å²) in [5.41, 5.74) is 2.14. The van der Waals surface area contributed by atoms with Crippen molar-refractivity contribution in [2.24, 2.45) is 0 Å². The lowest BCUT2D eigenvalue weighted by molar-refractivity contribution is -0.384. The van der Waals surface area contributed by atoms with Gasteiger partial charge < -0.3 is 28.9 Å². The molecule has 0 radical (unpaired) electrons. The summed E-state index contributed by atoms with van der Waals surface area (Å²) in [5, 5.41) is 14.9. The van der Waals surface area contributed by atoms with Gasteiger partial charge in [0.2, 0.25) is 5.75 Å². The van der Waals surface area contributed by atoms with E-state index < -0.39 is 0 Å². The van der Waals surface area contributed by atoms with Crippen LogP contribution in [-0.2, 0) is 0 Å². The zero-order valence-corrected chi connectivity index (χ0v) is 24.8. The van der Waals surface area contributed by atoms with Crippen LogP contribution in [0.25, 0.3) is 0 Å². The smallest absolute Gasteiger partial charge is 0.292 e. The standard InChI is InChI=1S/C29H39N5O6S/c1-4-38-25-18-21(19-26(39-5-2)27(25)40-6-3)28(35)30-29(41)33-16-14-31(15-17-33)22-10-11-23(34(36)37)24(20-22)32-12-8-7-9-13-32/h10-11,18-20H,4-9,12-17H2,1-3H3,(H,30,35,41). The van der Waals surface area contributed by atoms with E-state index in [4.69, 9.17) is 26.4 Å². The molecule has 0 atom stereocenters. The van der Waals surface area contributed by atoms with E-state index in [2.05, 4.69) is 15.1 Å². The van der Waals surface area contributed by atoms with Gasteiger partial charge in [0.15, 0.2) is 16.6 Å². The van der Waals surface area contributed by atoms with Crippen LogP contribution in [0.5, 0.6) is 17.2 Å². The Morgan fingerprint density at radius 2 is 1.49 bits per heavy atom. The van der Waals surface area contributed by atoms with Gasteiger partial charge in [0.05, 0.1) is 24.7 Å². The van der Waals surface area contributed by atoms with E-state index in [0.717, 1.165) is 38.0 Å². The summed E-state index contributed by atoms with van der Waals surface area (Å²) in [4.78, 5) is 30.9. The predicted molar refractivity (Wildman–Crippen MR) is 163 cm³/mol. The molecular formula is C29H39N5O6S. The molecule has 1 amide bonds. The average Bonchev–Trinajstić information content (AvgIpc) is 2.99. The number of thiocarbonyl (C=S) groups is 1. The number of rotatable bonds is 10. The van der Waals surface area contributed by atoms with Crippen LogP contribution >= 0.6 is 12.2 Å². The second kappa shape index (κ2) is 14.2. The highest BCUT2D eigenvalue weighted by atomic mass is 32.1. The molecule has 0 aromatic heterocycles. The maximum absolute atomic E-state index is 13.2. The lowest BCUT2D eigenvalue weighted by Gasteiger charge is -2.37. The van der Waals surface area contributed by atoms with E-state index in [1.165, 1.54) is 0 Å². The van der Waals surface area contributed by atoms with Crippen LogP contribution in [-0.4, -0.2) is 79.9 Å². The molecule has 0 aliphatic carbocycles. The third-order valence-corrected chi connectivity index (χ3v) is 7.54. The molecule has 2 fully saturated rings. The molecule has 1 N–H and O–H groups in total. The first-order chi connectivity index (χ1) is 19.9. The number of carbonyl (C=O) groups excluding carboxylic acids is 1. The number of nitro benzene ring substituents is 1. The maximum atomic E-state index is 13.2. The van der Waals surface area contributed by atoms with Crippen LogP contribution in [0, 0.1) is 10.1 Å². The summed E-state index contributed by atoms with van der Waals surface area (Å²) in [5.74, 6) is 0.999. The first-order valence-electron chi connectivity index (χ1n) is 14.3. The molecule has 2 aromatic carbocycles. The Balaban J connectivity index is 1.42. The van der Waals surface area contributed by atoms with Gasteiger partial charge in [0.1, 0.15) is 5.69 Å². The van der Waals surface area contributed by atoms with Gasteiger partial charge in [-0.25, -0.2) is 0 Å². The van der Waals surface area contributed by atoms with Crippen LogP contribution in [0.15, 0.2) is 30.3 Å². The molecule has 0 bridgehead atoms. The summed E-state index contributed by atoms with van der Waals surface area (Å²) < 4.78 is 17.2.